The second-order valence-corrected chi connectivity index (χ2v) is 4.11. The first-order chi connectivity index (χ1) is 8.75. The monoisotopic (exact) mass is 247 g/mol. The summed E-state index contributed by atoms with van der Waals surface area (Å²) in [5.41, 5.74) is 0. The highest BCUT2D eigenvalue weighted by Crippen LogP contribution is 2.21. The largest absolute Gasteiger partial charge is 0.487 e. The number of ether oxygens (including phenoxy) is 1. The lowest BCUT2D eigenvalue weighted by atomic mass is 10.4. The Morgan fingerprint density at radius 1 is 1.39 bits per heavy atom. The number of rotatable bonds is 6. The lowest BCUT2D eigenvalue weighted by Gasteiger charge is -2.14. The molecule has 0 aliphatic heterocycles. The summed E-state index contributed by atoms with van der Waals surface area (Å²) in [6, 6.07) is 3.77. The van der Waals surface area contributed by atoms with E-state index in [0.717, 1.165) is 24.7 Å². The van der Waals surface area contributed by atoms with Crippen LogP contribution in [0.2, 0.25) is 0 Å². The SMILES string of the molecule is CC(C)Oc1cccnc1NCCn1ccnn1. The molecule has 0 aliphatic rings. The van der Waals surface area contributed by atoms with Gasteiger partial charge in [-0.3, -0.25) is 4.68 Å². The molecule has 18 heavy (non-hydrogen) atoms. The molecule has 0 aromatic carbocycles. The first-order valence-electron chi connectivity index (χ1n) is 5.95. The smallest absolute Gasteiger partial charge is 0.168 e. The normalized spacial score (nSPS) is 10.6. The third-order valence-corrected chi connectivity index (χ3v) is 2.24. The van der Waals surface area contributed by atoms with Crippen molar-refractivity contribution in [2.45, 2.75) is 26.5 Å². The van der Waals surface area contributed by atoms with Gasteiger partial charge >= 0.3 is 0 Å². The predicted molar refractivity (Wildman–Crippen MR) is 68.5 cm³/mol. The Hall–Kier alpha value is -2.11. The van der Waals surface area contributed by atoms with Crippen LogP contribution in [-0.4, -0.2) is 32.6 Å². The second kappa shape index (κ2) is 6.00. The van der Waals surface area contributed by atoms with Gasteiger partial charge in [0.25, 0.3) is 0 Å². The standard InChI is InChI=1S/C12H17N5O/c1-10(2)18-11-4-3-5-13-12(11)14-6-8-17-9-7-15-16-17/h3-5,7,9-10H,6,8H2,1-2H3,(H,13,14). The van der Waals surface area contributed by atoms with Crippen LogP contribution < -0.4 is 10.1 Å². The van der Waals surface area contributed by atoms with Gasteiger partial charge in [0.15, 0.2) is 11.6 Å². The molecule has 2 rings (SSSR count). The molecule has 0 saturated heterocycles. The molecular formula is C12H17N5O. The average Bonchev–Trinajstić information content (AvgIpc) is 2.84. The van der Waals surface area contributed by atoms with Crippen molar-refractivity contribution in [1.82, 2.24) is 20.0 Å². The number of pyridine rings is 1. The second-order valence-electron chi connectivity index (χ2n) is 4.11. The van der Waals surface area contributed by atoms with Gasteiger partial charge < -0.3 is 10.1 Å². The van der Waals surface area contributed by atoms with E-state index in [4.69, 9.17) is 4.74 Å². The number of anilines is 1. The molecule has 1 N–H and O–H groups in total. The van der Waals surface area contributed by atoms with Gasteiger partial charge in [-0.25, -0.2) is 4.98 Å². The minimum absolute atomic E-state index is 0.130. The molecule has 0 aliphatic carbocycles. The molecule has 0 bridgehead atoms. The van der Waals surface area contributed by atoms with Crippen LogP contribution in [0.4, 0.5) is 5.82 Å². The Balaban J connectivity index is 1.92. The van der Waals surface area contributed by atoms with Crippen molar-refractivity contribution in [1.29, 1.82) is 0 Å². The van der Waals surface area contributed by atoms with Crippen molar-refractivity contribution in [2.75, 3.05) is 11.9 Å². The van der Waals surface area contributed by atoms with E-state index in [-0.39, 0.29) is 6.10 Å². The molecular weight excluding hydrogens is 230 g/mol. The summed E-state index contributed by atoms with van der Waals surface area (Å²) in [7, 11) is 0. The maximum Gasteiger partial charge on any atom is 0.168 e. The molecule has 0 radical (unpaired) electrons. The minimum atomic E-state index is 0.130. The van der Waals surface area contributed by atoms with Gasteiger partial charge in [0.1, 0.15) is 0 Å². The molecule has 0 atom stereocenters. The van der Waals surface area contributed by atoms with E-state index >= 15 is 0 Å². The molecule has 2 heterocycles. The van der Waals surface area contributed by atoms with E-state index in [0.29, 0.717) is 0 Å². The van der Waals surface area contributed by atoms with Crippen molar-refractivity contribution in [2.24, 2.45) is 0 Å². The van der Waals surface area contributed by atoms with Gasteiger partial charge in [-0.15, -0.1) is 5.10 Å². The molecule has 0 amide bonds. The van der Waals surface area contributed by atoms with Crippen LogP contribution in [-0.2, 0) is 6.54 Å². The van der Waals surface area contributed by atoms with Crippen LogP contribution >= 0.6 is 0 Å². The minimum Gasteiger partial charge on any atom is -0.487 e. The van der Waals surface area contributed by atoms with Crippen LogP contribution in [0.25, 0.3) is 0 Å². The topological polar surface area (TPSA) is 64.9 Å². The third kappa shape index (κ3) is 3.44. The van der Waals surface area contributed by atoms with E-state index in [1.807, 2.05) is 32.2 Å². The van der Waals surface area contributed by atoms with Gasteiger partial charge in [-0.1, -0.05) is 5.21 Å². The van der Waals surface area contributed by atoms with E-state index in [1.165, 1.54) is 0 Å². The molecule has 2 aromatic heterocycles. The highest BCUT2D eigenvalue weighted by molar-refractivity contribution is 5.49. The molecule has 0 fully saturated rings. The first-order valence-corrected chi connectivity index (χ1v) is 5.95. The summed E-state index contributed by atoms with van der Waals surface area (Å²) < 4.78 is 7.44. The number of hydrogen-bond acceptors (Lipinski definition) is 5. The molecule has 0 saturated carbocycles. The summed E-state index contributed by atoms with van der Waals surface area (Å²) in [5.74, 6) is 1.53. The van der Waals surface area contributed by atoms with Crippen LogP contribution in [0.3, 0.4) is 0 Å². The fourth-order valence-corrected chi connectivity index (χ4v) is 1.51. The zero-order valence-corrected chi connectivity index (χ0v) is 10.6. The molecule has 0 spiro atoms. The van der Waals surface area contributed by atoms with E-state index in [1.54, 1.807) is 17.1 Å². The van der Waals surface area contributed by atoms with Crippen molar-refractivity contribution < 1.29 is 4.74 Å². The van der Waals surface area contributed by atoms with Crippen molar-refractivity contribution >= 4 is 5.82 Å². The zero-order chi connectivity index (χ0) is 12.8. The van der Waals surface area contributed by atoms with Gasteiger partial charge in [0.05, 0.1) is 18.8 Å². The van der Waals surface area contributed by atoms with Gasteiger partial charge in [0, 0.05) is 18.9 Å². The fraction of sp³-hybridized carbons (Fsp3) is 0.417. The third-order valence-electron chi connectivity index (χ3n) is 2.24. The Morgan fingerprint density at radius 2 is 2.28 bits per heavy atom. The Bertz CT molecular complexity index is 469. The van der Waals surface area contributed by atoms with E-state index in [9.17, 15) is 0 Å². The van der Waals surface area contributed by atoms with Gasteiger partial charge in [0.2, 0.25) is 0 Å². The van der Waals surface area contributed by atoms with E-state index < -0.39 is 0 Å². The molecule has 2 aromatic rings. The number of nitrogens with zero attached hydrogens (tertiary/aromatic N) is 4. The Labute approximate surface area is 106 Å². The molecule has 6 nitrogen and oxygen atoms in total. The zero-order valence-electron chi connectivity index (χ0n) is 10.6. The lowest BCUT2D eigenvalue weighted by Crippen LogP contribution is -2.14. The predicted octanol–water partition coefficient (Wildman–Crippen LogP) is 1.57. The van der Waals surface area contributed by atoms with Crippen molar-refractivity contribution in [3.05, 3.63) is 30.7 Å². The van der Waals surface area contributed by atoms with E-state index in [2.05, 4.69) is 20.6 Å². The molecule has 96 valence electrons. The molecule has 6 heteroatoms. The highest BCUT2D eigenvalue weighted by atomic mass is 16.5. The number of nitrogens with one attached hydrogen (secondary N) is 1. The quantitative estimate of drug-likeness (QED) is 0.839. The summed E-state index contributed by atoms with van der Waals surface area (Å²) in [5, 5.41) is 10.9. The van der Waals surface area contributed by atoms with Gasteiger partial charge in [-0.2, -0.15) is 0 Å². The lowest BCUT2D eigenvalue weighted by molar-refractivity contribution is 0.243. The van der Waals surface area contributed by atoms with Crippen molar-refractivity contribution in [3.63, 3.8) is 0 Å². The molecule has 0 unspecified atom stereocenters. The van der Waals surface area contributed by atoms with Crippen molar-refractivity contribution in [3.8, 4) is 5.75 Å². The van der Waals surface area contributed by atoms with Crippen LogP contribution in [0.5, 0.6) is 5.75 Å². The summed E-state index contributed by atoms with van der Waals surface area (Å²) in [4.78, 5) is 4.27. The summed E-state index contributed by atoms with van der Waals surface area (Å²) >= 11 is 0. The van der Waals surface area contributed by atoms with Crippen LogP contribution in [0.1, 0.15) is 13.8 Å². The average molecular weight is 247 g/mol. The summed E-state index contributed by atoms with van der Waals surface area (Å²) in [6.07, 6.45) is 5.36. The first kappa shape index (κ1) is 12.3. The highest BCUT2D eigenvalue weighted by Gasteiger charge is 2.05. The Morgan fingerprint density at radius 3 is 3.00 bits per heavy atom. The Kier molecular flexibility index (Phi) is 4.11. The fourth-order valence-electron chi connectivity index (χ4n) is 1.51. The number of hydrogen-bond donors (Lipinski definition) is 1. The maximum atomic E-state index is 5.67. The maximum absolute atomic E-state index is 5.67. The van der Waals surface area contributed by atoms with Gasteiger partial charge in [-0.05, 0) is 26.0 Å². The number of aromatic nitrogens is 4. The van der Waals surface area contributed by atoms with Crippen LogP contribution in [0.15, 0.2) is 30.7 Å². The van der Waals surface area contributed by atoms with Crippen LogP contribution in [0, 0.1) is 0 Å². The summed E-state index contributed by atoms with van der Waals surface area (Å²) in [6.45, 7) is 5.44.